The summed E-state index contributed by atoms with van der Waals surface area (Å²) in [5.41, 5.74) is 9.40. The molecule has 1 aliphatic heterocycles. The number of rotatable bonds is 1. The van der Waals surface area contributed by atoms with Crippen LogP contribution in [-0.2, 0) is 0 Å². The molecule has 0 atom stereocenters. The zero-order valence-electron chi connectivity index (χ0n) is 10.9. The fourth-order valence-electron chi connectivity index (χ4n) is 2.18. The highest BCUT2D eigenvalue weighted by molar-refractivity contribution is 7.21. The van der Waals surface area contributed by atoms with Crippen molar-refractivity contribution in [2.24, 2.45) is 5.16 Å². The third-order valence-corrected chi connectivity index (χ3v) is 3.95. The first-order valence-electron chi connectivity index (χ1n) is 6.34. The second kappa shape index (κ2) is 4.68. The number of nitrogens with zero attached hydrogens (tertiary/aromatic N) is 3. The molecule has 0 radical (unpaired) electrons. The number of pyridine rings is 1. The van der Waals surface area contributed by atoms with E-state index in [1.165, 1.54) is 11.3 Å². The van der Waals surface area contributed by atoms with Crippen LogP contribution in [0.25, 0.3) is 27.7 Å². The van der Waals surface area contributed by atoms with Crippen molar-refractivity contribution in [2.75, 3.05) is 5.73 Å². The predicted octanol–water partition coefficient (Wildman–Crippen LogP) is 3.33. The monoisotopic (exact) mass is 294 g/mol. The van der Waals surface area contributed by atoms with Crippen LogP contribution in [0, 0.1) is 0 Å². The highest BCUT2D eigenvalue weighted by Crippen LogP contribution is 2.30. The zero-order chi connectivity index (χ0) is 14.2. The van der Waals surface area contributed by atoms with Crippen molar-refractivity contribution in [1.82, 2.24) is 9.97 Å². The molecule has 2 N–H and O–H groups in total. The minimum Gasteiger partial charge on any atom is -0.375 e. The fraction of sp³-hybridized carbons (Fsp3) is 0. The molecule has 4 rings (SSSR count). The molecule has 0 amide bonds. The lowest BCUT2D eigenvalue weighted by molar-refractivity contribution is 0.344. The van der Waals surface area contributed by atoms with E-state index in [2.05, 4.69) is 15.1 Å². The first-order valence-corrected chi connectivity index (χ1v) is 7.16. The van der Waals surface area contributed by atoms with Gasteiger partial charge >= 0.3 is 0 Å². The maximum atomic E-state index is 5.72. The number of allylic oxidation sites excluding steroid dienone is 1. The fourth-order valence-corrected chi connectivity index (χ4v) is 2.89. The molecule has 0 saturated carbocycles. The molecule has 2 aromatic heterocycles. The first kappa shape index (κ1) is 12.0. The Morgan fingerprint density at radius 2 is 2.05 bits per heavy atom. The lowest BCUT2D eigenvalue weighted by Crippen LogP contribution is -1.88. The number of nitrogen functional groups attached to an aromatic ring is 1. The summed E-state index contributed by atoms with van der Waals surface area (Å²) >= 11 is 1.39. The van der Waals surface area contributed by atoms with Crippen LogP contribution in [-0.4, -0.2) is 16.2 Å². The second-order valence-electron chi connectivity index (χ2n) is 4.53. The van der Waals surface area contributed by atoms with Crippen LogP contribution in [0.1, 0.15) is 5.56 Å². The summed E-state index contributed by atoms with van der Waals surface area (Å²) in [5, 5.41) is 4.34. The molecule has 1 aromatic carbocycles. The van der Waals surface area contributed by atoms with Gasteiger partial charge in [-0.05, 0) is 42.5 Å². The molecule has 0 spiro atoms. The Kier molecular flexibility index (Phi) is 2.68. The summed E-state index contributed by atoms with van der Waals surface area (Å²) in [6.45, 7) is 0. The Labute approximate surface area is 124 Å². The van der Waals surface area contributed by atoms with Gasteiger partial charge in [-0.2, -0.15) is 0 Å². The number of hydrogen-bond donors (Lipinski definition) is 1. The van der Waals surface area contributed by atoms with Crippen LogP contribution >= 0.6 is 11.3 Å². The molecule has 1 aliphatic rings. The van der Waals surface area contributed by atoms with Gasteiger partial charge in [0.05, 0.1) is 11.9 Å². The van der Waals surface area contributed by atoms with Crippen molar-refractivity contribution in [3.63, 3.8) is 0 Å². The topological polar surface area (TPSA) is 73.4 Å². The summed E-state index contributed by atoms with van der Waals surface area (Å²) in [6, 6.07) is 9.77. The molecule has 0 unspecified atom stereocenters. The van der Waals surface area contributed by atoms with Gasteiger partial charge in [-0.25, -0.2) is 9.97 Å². The quantitative estimate of drug-likeness (QED) is 0.747. The van der Waals surface area contributed by atoms with Crippen LogP contribution in [0.3, 0.4) is 0 Å². The van der Waals surface area contributed by atoms with E-state index < -0.39 is 0 Å². The zero-order valence-corrected chi connectivity index (χ0v) is 11.7. The lowest BCUT2D eigenvalue weighted by Gasteiger charge is -2.05. The van der Waals surface area contributed by atoms with E-state index in [9.17, 15) is 0 Å². The molecular weight excluding hydrogens is 284 g/mol. The number of oxime groups is 1. The number of fused-ring (bicyclic) bond motifs is 2. The highest BCUT2D eigenvalue weighted by atomic mass is 32.1. The summed E-state index contributed by atoms with van der Waals surface area (Å²) in [4.78, 5) is 15.0. The molecule has 6 heteroatoms. The van der Waals surface area contributed by atoms with Crippen LogP contribution < -0.4 is 10.6 Å². The van der Waals surface area contributed by atoms with E-state index in [4.69, 9.17) is 10.6 Å². The molecule has 0 bridgehead atoms. The predicted molar refractivity (Wildman–Crippen MR) is 85.4 cm³/mol. The lowest BCUT2D eigenvalue weighted by atomic mass is 10.1. The Morgan fingerprint density at radius 1 is 1.10 bits per heavy atom. The van der Waals surface area contributed by atoms with Crippen molar-refractivity contribution >= 4 is 39.1 Å². The van der Waals surface area contributed by atoms with E-state index in [1.54, 1.807) is 6.21 Å². The molecule has 0 saturated heterocycles. The number of hydrogen-bond acceptors (Lipinski definition) is 6. The molecule has 5 nitrogen and oxygen atoms in total. The van der Waals surface area contributed by atoms with Crippen molar-refractivity contribution < 1.29 is 4.84 Å². The van der Waals surface area contributed by atoms with E-state index in [0.29, 0.717) is 5.13 Å². The first-order chi connectivity index (χ1) is 10.3. The minimum absolute atomic E-state index is 0.532. The van der Waals surface area contributed by atoms with Gasteiger partial charge in [0, 0.05) is 11.1 Å². The number of nitrogens with two attached hydrogens (primary N) is 1. The van der Waals surface area contributed by atoms with Gasteiger partial charge in [-0.15, -0.1) is 0 Å². The van der Waals surface area contributed by atoms with E-state index in [0.717, 1.165) is 32.9 Å². The number of anilines is 1. The van der Waals surface area contributed by atoms with Gasteiger partial charge in [-0.1, -0.05) is 16.5 Å². The third-order valence-electron chi connectivity index (χ3n) is 3.15. The van der Waals surface area contributed by atoms with Crippen molar-refractivity contribution in [3.8, 4) is 17.0 Å². The summed E-state index contributed by atoms with van der Waals surface area (Å²) in [7, 11) is 0. The average Bonchev–Trinajstić information content (AvgIpc) is 2.71. The Balaban J connectivity index is 1.83. The van der Waals surface area contributed by atoms with Crippen LogP contribution in [0.2, 0.25) is 0 Å². The summed E-state index contributed by atoms with van der Waals surface area (Å²) < 4.78 is 0. The molecule has 21 heavy (non-hydrogen) atoms. The molecule has 3 aromatic rings. The van der Waals surface area contributed by atoms with Gasteiger partial charge < -0.3 is 10.6 Å². The van der Waals surface area contributed by atoms with Gasteiger partial charge in [0.2, 0.25) is 0 Å². The average molecular weight is 294 g/mol. The number of benzene rings is 1. The normalized spacial score (nSPS) is 13.0. The highest BCUT2D eigenvalue weighted by Gasteiger charge is 2.09. The van der Waals surface area contributed by atoms with Crippen molar-refractivity contribution in [1.29, 1.82) is 0 Å². The Morgan fingerprint density at radius 3 is 3.00 bits per heavy atom. The molecule has 0 aliphatic carbocycles. The van der Waals surface area contributed by atoms with E-state index >= 15 is 0 Å². The summed E-state index contributed by atoms with van der Waals surface area (Å²) in [6.07, 6.45) is 5.42. The number of aromatic nitrogens is 2. The maximum Gasteiger partial charge on any atom is 0.182 e. The second-order valence-corrected chi connectivity index (χ2v) is 5.54. The third kappa shape index (κ3) is 2.15. The van der Waals surface area contributed by atoms with Gasteiger partial charge in [0.15, 0.2) is 10.9 Å². The smallest absolute Gasteiger partial charge is 0.182 e. The largest absolute Gasteiger partial charge is 0.375 e. The molecule has 3 heterocycles. The van der Waals surface area contributed by atoms with Crippen LogP contribution in [0.4, 0.5) is 5.13 Å². The van der Waals surface area contributed by atoms with Crippen LogP contribution in [0.15, 0.2) is 41.6 Å². The summed E-state index contributed by atoms with van der Waals surface area (Å²) in [5.74, 6) is 0.729. The van der Waals surface area contributed by atoms with E-state index in [-0.39, 0.29) is 0 Å². The van der Waals surface area contributed by atoms with E-state index in [1.807, 2.05) is 42.5 Å². The maximum absolute atomic E-state index is 5.72. The molecular formula is C15H10N4OS. The number of thiazole rings is 1. The van der Waals surface area contributed by atoms with Crippen LogP contribution in [0.5, 0.6) is 5.75 Å². The SMILES string of the molecule is Nc1nc2ccc(-c3ccc4c(c3)C=CC=NO4)nc2s1. The van der Waals surface area contributed by atoms with Gasteiger partial charge in [-0.3, -0.25) is 0 Å². The standard InChI is InChI=1S/C15H10N4OS/c16-15-19-12-5-4-11(18-14(12)21-15)9-3-6-13-10(8-9)2-1-7-17-20-13/h1-8H,(H2,16,19). The van der Waals surface area contributed by atoms with Gasteiger partial charge in [0.25, 0.3) is 0 Å². The molecule has 0 fully saturated rings. The molecule has 102 valence electrons. The Hall–Kier alpha value is -2.73. The van der Waals surface area contributed by atoms with Crippen molar-refractivity contribution in [3.05, 3.63) is 42.0 Å². The minimum atomic E-state index is 0.532. The Bertz CT molecular complexity index is 898. The van der Waals surface area contributed by atoms with Crippen molar-refractivity contribution in [2.45, 2.75) is 0 Å². The van der Waals surface area contributed by atoms with Gasteiger partial charge in [0.1, 0.15) is 10.3 Å².